The van der Waals surface area contributed by atoms with Gasteiger partial charge in [0, 0.05) is 50.1 Å². The van der Waals surface area contributed by atoms with Crippen LogP contribution in [0.15, 0.2) is 36.2 Å². The number of hydrazine groups is 1. The zero-order chi connectivity index (χ0) is 26.0. The van der Waals surface area contributed by atoms with Crippen LogP contribution in [0.5, 0.6) is 0 Å². The van der Waals surface area contributed by atoms with Gasteiger partial charge in [0.15, 0.2) is 0 Å². The van der Waals surface area contributed by atoms with Gasteiger partial charge in [-0.1, -0.05) is 25.4 Å². The Balaban J connectivity index is 1.40. The van der Waals surface area contributed by atoms with Crippen LogP contribution in [0.1, 0.15) is 26.7 Å². The van der Waals surface area contributed by atoms with E-state index in [1.807, 2.05) is 28.1 Å². The van der Waals surface area contributed by atoms with Gasteiger partial charge in [-0.3, -0.25) is 9.59 Å². The maximum Gasteiger partial charge on any atom is 0.319 e. The molecule has 1 aromatic rings. The number of hydrogen-bond acceptors (Lipinski definition) is 7. The van der Waals surface area contributed by atoms with Crippen LogP contribution in [0.25, 0.3) is 0 Å². The van der Waals surface area contributed by atoms with E-state index in [0.29, 0.717) is 68.8 Å². The first-order valence-corrected chi connectivity index (χ1v) is 12.6. The number of nitrogens with one attached hydrogen (secondary N) is 2. The summed E-state index contributed by atoms with van der Waals surface area (Å²) in [6, 6.07) is 4.90. The highest BCUT2D eigenvalue weighted by Crippen LogP contribution is 2.27. The number of rotatable bonds is 7. The monoisotopic (exact) mass is 519 g/mol. The Morgan fingerprint density at radius 3 is 2.31 bits per heavy atom. The number of carbonyl (C=O) groups excluding carboxylic acids is 3. The van der Waals surface area contributed by atoms with Crippen LogP contribution in [0.2, 0.25) is 5.02 Å². The van der Waals surface area contributed by atoms with Crippen molar-refractivity contribution in [1.29, 1.82) is 0 Å². The number of anilines is 1. The third-order valence-electron chi connectivity index (χ3n) is 7.13. The van der Waals surface area contributed by atoms with E-state index in [0.717, 1.165) is 0 Å². The lowest BCUT2D eigenvalue weighted by molar-refractivity contribution is -0.152. The highest BCUT2D eigenvalue weighted by Gasteiger charge is 2.44. The minimum Gasteiger partial charge on any atom is -0.387 e. The minimum atomic E-state index is -1.40. The van der Waals surface area contributed by atoms with E-state index in [1.54, 1.807) is 48.0 Å². The molecule has 4 rings (SSSR count). The Morgan fingerprint density at radius 2 is 1.72 bits per heavy atom. The number of nitrogens with zero attached hydrogens (tertiary/aromatic N) is 5. The number of amides is 4. The summed E-state index contributed by atoms with van der Waals surface area (Å²) >= 11 is 5.90. The van der Waals surface area contributed by atoms with E-state index >= 15 is 0 Å². The summed E-state index contributed by atoms with van der Waals surface area (Å²) in [4.78, 5) is 44.8. The lowest BCUT2D eigenvalue weighted by Gasteiger charge is -2.42. The molecular formula is C24H34ClN7O4. The zero-order valence-corrected chi connectivity index (χ0v) is 21.7. The average Bonchev–Trinajstić information content (AvgIpc) is 3.39. The molecular weight excluding hydrogens is 486 g/mol. The number of urea groups is 1. The molecule has 11 nitrogen and oxygen atoms in total. The molecule has 2 saturated heterocycles. The minimum absolute atomic E-state index is 0.0381. The fourth-order valence-electron chi connectivity index (χ4n) is 4.82. The van der Waals surface area contributed by atoms with Crippen molar-refractivity contribution < 1.29 is 19.5 Å². The average molecular weight is 520 g/mol. The summed E-state index contributed by atoms with van der Waals surface area (Å²) in [5.41, 5.74) is -0.201. The van der Waals surface area contributed by atoms with Gasteiger partial charge in [-0.05, 0) is 37.1 Å². The second kappa shape index (κ2) is 10.5. The van der Waals surface area contributed by atoms with Crippen molar-refractivity contribution in [3.63, 3.8) is 0 Å². The van der Waals surface area contributed by atoms with Crippen molar-refractivity contribution in [2.75, 3.05) is 51.9 Å². The van der Waals surface area contributed by atoms with E-state index in [1.165, 1.54) is 0 Å². The van der Waals surface area contributed by atoms with Crippen molar-refractivity contribution in [3.05, 3.63) is 41.2 Å². The molecule has 3 aliphatic heterocycles. The van der Waals surface area contributed by atoms with E-state index in [9.17, 15) is 19.5 Å². The molecule has 0 aromatic heterocycles. The Hall–Kier alpha value is -3.02. The number of carbonyl (C=O) groups is 3. The Morgan fingerprint density at radius 1 is 1.08 bits per heavy atom. The first kappa shape index (κ1) is 26.1. The van der Waals surface area contributed by atoms with E-state index < -0.39 is 17.7 Å². The summed E-state index contributed by atoms with van der Waals surface area (Å²) in [7, 11) is 1.93. The van der Waals surface area contributed by atoms with Crippen LogP contribution >= 0.6 is 11.6 Å². The molecule has 1 aromatic carbocycles. The number of hydrogen-bond donors (Lipinski definition) is 3. The normalized spacial score (nSPS) is 19.4. The highest BCUT2D eigenvalue weighted by atomic mass is 35.5. The van der Waals surface area contributed by atoms with Crippen LogP contribution in [-0.4, -0.2) is 106 Å². The van der Waals surface area contributed by atoms with Gasteiger partial charge in [-0.15, -0.1) is 0 Å². The number of halogens is 1. The lowest BCUT2D eigenvalue weighted by Crippen LogP contribution is -2.64. The summed E-state index contributed by atoms with van der Waals surface area (Å²) in [6.07, 6.45) is 2.44. The number of piperazine rings is 1. The summed E-state index contributed by atoms with van der Waals surface area (Å²) in [5.74, 6) is -0.381. The first-order valence-electron chi connectivity index (χ1n) is 12.2. The summed E-state index contributed by atoms with van der Waals surface area (Å²) in [5, 5.41) is 20.9. The fraction of sp³-hybridized carbons (Fsp3) is 0.542. The van der Waals surface area contributed by atoms with E-state index in [-0.39, 0.29) is 11.8 Å². The van der Waals surface area contributed by atoms with Gasteiger partial charge in [-0.2, -0.15) is 0 Å². The van der Waals surface area contributed by atoms with Crippen LogP contribution in [0, 0.1) is 0 Å². The standard InChI is InChI=1S/C24H34ClN7O4/c1-4-24(36,5-2)20(27-23(35)26-18-8-6-17(25)7-9-18)22(34)29-10-12-31(13-11-29)32-16-30-15-28(3)14-19(30)21(32)33/h6-9,14,20,36H,4-5,10-13,15-16H2,1-3H3,(H2,26,27,35). The SMILES string of the molecule is CCC(O)(CC)C(NC(=O)Nc1ccc(Cl)cc1)C(=O)N1CCN(N2CN3CN(C)C=C3C2=O)CC1. The molecule has 3 heterocycles. The van der Waals surface area contributed by atoms with Crippen LogP contribution in [0.4, 0.5) is 10.5 Å². The second-order valence-corrected chi connectivity index (χ2v) is 9.86. The number of fused-ring (bicyclic) bond motifs is 1. The van der Waals surface area contributed by atoms with Crippen LogP contribution in [-0.2, 0) is 9.59 Å². The van der Waals surface area contributed by atoms with E-state index in [2.05, 4.69) is 10.6 Å². The molecule has 196 valence electrons. The fourth-order valence-corrected chi connectivity index (χ4v) is 4.95. The molecule has 1 unspecified atom stereocenters. The Kier molecular flexibility index (Phi) is 7.62. The van der Waals surface area contributed by atoms with Gasteiger partial charge in [0.25, 0.3) is 5.91 Å². The first-order chi connectivity index (χ1) is 17.1. The predicted octanol–water partition coefficient (Wildman–Crippen LogP) is 1.29. The van der Waals surface area contributed by atoms with Crippen molar-refractivity contribution in [3.8, 4) is 0 Å². The number of aliphatic hydroxyl groups is 1. The van der Waals surface area contributed by atoms with Gasteiger partial charge in [0.2, 0.25) is 5.91 Å². The third kappa shape index (κ3) is 5.23. The van der Waals surface area contributed by atoms with Crippen molar-refractivity contribution >= 4 is 35.1 Å². The number of benzene rings is 1. The molecule has 0 spiro atoms. The third-order valence-corrected chi connectivity index (χ3v) is 7.38. The predicted molar refractivity (Wildman–Crippen MR) is 135 cm³/mol. The van der Waals surface area contributed by atoms with Crippen LogP contribution < -0.4 is 10.6 Å². The van der Waals surface area contributed by atoms with Gasteiger partial charge in [-0.25, -0.2) is 14.8 Å². The molecule has 0 radical (unpaired) electrons. The Bertz CT molecular complexity index is 1020. The molecule has 0 saturated carbocycles. The Labute approximate surface area is 216 Å². The molecule has 1 atom stereocenters. The van der Waals surface area contributed by atoms with Crippen molar-refractivity contribution in [2.45, 2.75) is 38.3 Å². The molecule has 3 N–H and O–H groups in total. The highest BCUT2D eigenvalue weighted by molar-refractivity contribution is 6.30. The van der Waals surface area contributed by atoms with Gasteiger partial charge in [0.05, 0.1) is 12.3 Å². The molecule has 12 heteroatoms. The van der Waals surface area contributed by atoms with Gasteiger partial charge < -0.3 is 30.4 Å². The summed E-state index contributed by atoms with van der Waals surface area (Å²) in [6.45, 7) is 6.46. The maximum atomic E-state index is 13.6. The zero-order valence-electron chi connectivity index (χ0n) is 20.9. The smallest absolute Gasteiger partial charge is 0.319 e. The van der Waals surface area contributed by atoms with Gasteiger partial charge >= 0.3 is 6.03 Å². The quantitative estimate of drug-likeness (QED) is 0.497. The molecule has 3 aliphatic rings. The maximum absolute atomic E-state index is 13.6. The lowest BCUT2D eigenvalue weighted by atomic mass is 9.87. The molecule has 4 amide bonds. The summed E-state index contributed by atoms with van der Waals surface area (Å²) < 4.78 is 0. The van der Waals surface area contributed by atoms with Gasteiger partial charge in [0.1, 0.15) is 18.4 Å². The molecule has 36 heavy (non-hydrogen) atoms. The van der Waals surface area contributed by atoms with Crippen LogP contribution in [0.3, 0.4) is 0 Å². The second-order valence-electron chi connectivity index (χ2n) is 9.43. The molecule has 0 bridgehead atoms. The van der Waals surface area contributed by atoms with Crippen molar-refractivity contribution in [2.24, 2.45) is 0 Å². The topological polar surface area (TPSA) is 112 Å². The largest absolute Gasteiger partial charge is 0.387 e. The molecule has 2 fully saturated rings. The van der Waals surface area contributed by atoms with E-state index in [4.69, 9.17) is 11.6 Å². The van der Waals surface area contributed by atoms with Crippen molar-refractivity contribution in [1.82, 2.24) is 30.0 Å². The molecule has 0 aliphatic carbocycles.